The molecule has 6 nitrogen and oxygen atoms in total. The van der Waals surface area contributed by atoms with Crippen molar-refractivity contribution in [3.8, 4) is 0 Å². The minimum Gasteiger partial charge on any atom is -0.349 e. The minimum atomic E-state index is -0.151. The molecule has 2 N–H and O–H groups in total. The second kappa shape index (κ2) is 5.28. The number of aromatic amines is 1. The van der Waals surface area contributed by atoms with Gasteiger partial charge in [0.1, 0.15) is 5.82 Å². The molecule has 3 rings (SSSR count). The molecule has 0 atom stereocenters. The van der Waals surface area contributed by atoms with Gasteiger partial charge in [0.2, 0.25) is 5.82 Å². The molecule has 1 aliphatic carbocycles. The summed E-state index contributed by atoms with van der Waals surface area (Å²) < 4.78 is 0. The molecular formula is C13H21N5O. The smallest absolute Gasteiger partial charge is 0.290 e. The fourth-order valence-corrected chi connectivity index (χ4v) is 2.50. The summed E-state index contributed by atoms with van der Waals surface area (Å²) in [4.78, 5) is 18.5. The van der Waals surface area contributed by atoms with Crippen LogP contribution in [0.2, 0.25) is 0 Å². The van der Waals surface area contributed by atoms with Gasteiger partial charge in [-0.3, -0.25) is 9.89 Å². The van der Waals surface area contributed by atoms with E-state index in [1.807, 2.05) is 0 Å². The van der Waals surface area contributed by atoms with Crippen LogP contribution >= 0.6 is 0 Å². The highest BCUT2D eigenvalue weighted by atomic mass is 16.2. The first-order valence-electron chi connectivity index (χ1n) is 7.11. The highest BCUT2D eigenvalue weighted by molar-refractivity contribution is 5.90. The fourth-order valence-electron chi connectivity index (χ4n) is 2.50. The number of nitrogens with zero attached hydrogens (tertiary/aromatic N) is 3. The summed E-state index contributed by atoms with van der Waals surface area (Å²) in [6, 6.07) is 0. The molecule has 1 saturated heterocycles. The predicted molar refractivity (Wildman–Crippen MR) is 70.9 cm³/mol. The molecule has 2 aliphatic rings. The number of nitrogens with one attached hydrogen (secondary N) is 2. The molecule has 1 amide bonds. The molecule has 104 valence electrons. The van der Waals surface area contributed by atoms with Crippen LogP contribution in [0.4, 0.5) is 0 Å². The fraction of sp³-hybridized carbons (Fsp3) is 0.769. The van der Waals surface area contributed by atoms with Crippen LogP contribution in [-0.2, 0) is 0 Å². The van der Waals surface area contributed by atoms with Gasteiger partial charge in [0.25, 0.3) is 5.91 Å². The number of hydrogen-bond donors (Lipinski definition) is 2. The summed E-state index contributed by atoms with van der Waals surface area (Å²) in [6.45, 7) is 2.97. The Labute approximate surface area is 113 Å². The minimum absolute atomic E-state index is 0.151. The van der Waals surface area contributed by atoms with Gasteiger partial charge >= 0.3 is 0 Å². The van der Waals surface area contributed by atoms with Crippen molar-refractivity contribution in [1.29, 1.82) is 0 Å². The Hall–Kier alpha value is -1.43. The third kappa shape index (κ3) is 3.12. The molecule has 1 saturated carbocycles. The van der Waals surface area contributed by atoms with Crippen molar-refractivity contribution < 1.29 is 4.79 Å². The first-order valence-corrected chi connectivity index (χ1v) is 7.11. The van der Waals surface area contributed by atoms with E-state index in [-0.39, 0.29) is 11.7 Å². The molecule has 19 heavy (non-hydrogen) atoms. The first-order chi connectivity index (χ1) is 9.22. The Morgan fingerprint density at radius 2 is 2.11 bits per heavy atom. The zero-order valence-corrected chi connectivity index (χ0v) is 11.4. The van der Waals surface area contributed by atoms with Gasteiger partial charge in [-0.05, 0) is 51.7 Å². The SMILES string of the molecule is CN1CCC(CNC(=O)c2n[nH]c(C3CC3)n2)CC1. The quantitative estimate of drug-likeness (QED) is 0.841. The average Bonchev–Trinajstić information content (AvgIpc) is 3.15. The molecule has 2 heterocycles. The van der Waals surface area contributed by atoms with E-state index in [0.29, 0.717) is 11.8 Å². The van der Waals surface area contributed by atoms with Crippen LogP contribution < -0.4 is 5.32 Å². The lowest BCUT2D eigenvalue weighted by Crippen LogP contribution is -2.37. The summed E-state index contributed by atoms with van der Waals surface area (Å²) in [5, 5.41) is 9.81. The number of carbonyl (C=O) groups excluding carboxylic acids is 1. The normalized spacial score (nSPS) is 21.5. The van der Waals surface area contributed by atoms with Crippen LogP contribution in [0, 0.1) is 5.92 Å². The highest BCUT2D eigenvalue weighted by Gasteiger charge is 2.28. The van der Waals surface area contributed by atoms with E-state index in [0.717, 1.165) is 51.1 Å². The molecule has 6 heteroatoms. The molecule has 1 aromatic heterocycles. The van der Waals surface area contributed by atoms with Crippen LogP contribution in [0.15, 0.2) is 0 Å². The number of carbonyl (C=O) groups is 1. The lowest BCUT2D eigenvalue weighted by atomic mass is 9.97. The molecule has 0 spiro atoms. The largest absolute Gasteiger partial charge is 0.349 e. The number of amides is 1. The van der Waals surface area contributed by atoms with Gasteiger partial charge in [0, 0.05) is 12.5 Å². The second-order valence-corrected chi connectivity index (χ2v) is 5.78. The standard InChI is InChI=1S/C13H21N5O/c1-18-6-4-9(5-7-18)8-14-13(19)12-15-11(16-17-12)10-2-3-10/h9-10H,2-8H2,1H3,(H,14,19)(H,15,16,17). The lowest BCUT2D eigenvalue weighted by molar-refractivity contribution is 0.0929. The number of aromatic nitrogens is 3. The lowest BCUT2D eigenvalue weighted by Gasteiger charge is -2.28. The Balaban J connectivity index is 1.47. The first kappa shape index (κ1) is 12.6. The van der Waals surface area contributed by atoms with Crippen LogP contribution in [0.3, 0.4) is 0 Å². The van der Waals surface area contributed by atoms with Crippen molar-refractivity contribution >= 4 is 5.91 Å². The van der Waals surface area contributed by atoms with Gasteiger partial charge in [-0.15, -0.1) is 5.10 Å². The van der Waals surface area contributed by atoms with E-state index in [1.165, 1.54) is 0 Å². The van der Waals surface area contributed by atoms with E-state index in [4.69, 9.17) is 0 Å². The van der Waals surface area contributed by atoms with Crippen molar-refractivity contribution in [2.45, 2.75) is 31.6 Å². The predicted octanol–water partition coefficient (Wildman–Crippen LogP) is 0.754. The molecular weight excluding hydrogens is 242 g/mol. The molecule has 2 fully saturated rings. The van der Waals surface area contributed by atoms with Crippen molar-refractivity contribution in [2.75, 3.05) is 26.7 Å². The third-order valence-corrected chi connectivity index (χ3v) is 4.06. The summed E-state index contributed by atoms with van der Waals surface area (Å²) in [5.41, 5.74) is 0. The number of piperidine rings is 1. The number of H-pyrrole nitrogens is 1. The van der Waals surface area contributed by atoms with Crippen molar-refractivity contribution in [3.63, 3.8) is 0 Å². The van der Waals surface area contributed by atoms with Gasteiger partial charge in [0.05, 0.1) is 0 Å². The van der Waals surface area contributed by atoms with Gasteiger partial charge in [-0.25, -0.2) is 4.98 Å². The summed E-state index contributed by atoms with van der Waals surface area (Å²) in [6.07, 6.45) is 4.62. The van der Waals surface area contributed by atoms with Crippen molar-refractivity contribution in [3.05, 3.63) is 11.6 Å². The van der Waals surface area contributed by atoms with E-state index in [9.17, 15) is 4.79 Å². The van der Waals surface area contributed by atoms with E-state index in [1.54, 1.807) is 0 Å². The van der Waals surface area contributed by atoms with Crippen LogP contribution in [0.1, 0.15) is 48.0 Å². The Morgan fingerprint density at radius 1 is 1.37 bits per heavy atom. The maximum absolute atomic E-state index is 11.9. The average molecular weight is 263 g/mol. The maximum atomic E-state index is 11.9. The molecule has 0 radical (unpaired) electrons. The topological polar surface area (TPSA) is 73.9 Å². The Bertz CT molecular complexity index is 446. The number of hydrogen-bond acceptors (Lipinski definition) is 4. The summed E-state index contributed by atoms with van der Waals surface area (Å²) >= 11 is 0. The number of likely N-dealkylation sites (tertiary alicyclic amines) is 1. The van der Waals surface area contributed by atoms with Crippen LogP contribution in [0.25, 0.3) is 0 Å². The number of rotatable bonds is 4. The molecule has 1 aromatic rings. The molecule has 0 unspecified atom stereocenters. The van der Waals surface area contributed by atoms with Gasteiger partial charge in [-0.1, -0.05) is 0 Å². The molecule has 1 aliphatic heterocycles. The van der Waals surface area contributed by atoms with E-state index < -0.39 is 0 Å². The second-order valence-electron chi connectivity index (χ2n) is 5.78. The Morgan fingerprint density at radius 3 is 2.79 bits per heavy atom. The van der Waals surface area contributed by atoms with Crippen LogP contribution in [0.5, 0.6) is 0 Å². The van der Waals surface area contributed by atoms with Crippen molar-refractivity contribution in [2.24, 2.45) is 5.92 Å². The molecule has 0 aromatic carbocycles. The Kier molecular flexibility index (Phi) is 3.50. The maximum Gasteiger partial charge on any atom is 0.290 e. The summed E-state index contributed by atoms with van der Waals surface area (Å²) in [5.74, 6) is 2.09. The molecule has 0 bridgehead atoms. The zero-order chi connectivity index (χ0) is 13.2. The monoisotopic (exact) mass is 263 g/mol. The highest BCUT2D eigenvalue weighted by Crippen LogP contribution is 2.37. The van der Waals surface area contributed by atoms with E-state index >= 15 is 0 Å². The van der Waals surface area contributed by atoms with Crippen LogP contribution in [-0.4, -0.2) is 52.7 Å². The third-order valence-electron chi connectivity index (χ3n) is 4.06. The summed E-state index contributed by atoms with van der Waals surface area (Å²) in [7, 11) is 2.14. The zero-order valence-electron chi connectivity index (χ0n) is 11.4. The van der Waals surface area contributed by atoms with E-state index in [2.05, 4.69) is 32.4 Å². The van der Waals surface area contributed by atoms with Crippen molar-refractivity contribution in [1.82, 2.24) is 25.4 Å². The van der Waals surface area contributed by atoms with Gasteiger partial charge in [0.15, 0.2) is 0 Å². The van der Waals surface area contributed by atoms with Gasteiger partial charge in [-0.2, -0.15) is 0 Å². The van der Waals surface area contributed by atoms with Gasteiger partial charge < -0.3 is 10.2 Å².